The van der Waals surface area contributed by atoms with E-state index in [2.05, 4.69) is 106 Å². The smallest absolute Gasteiger partial charge is 0.306 e. The lowest BCUT2D eigenvalue weighted by Crippen LogP contribution is -2.30. The third-order valence-electron chi connectivity index (χ3n) is 10.4. The minimum atomic E-state index is -0.777. The summed E-state index contributed by atoms with van der Waals surface area (Å²) in [5.41, 5.74) is 0. The van der Waals surface area contributed by atoms with E-state index in [1.807, 2.05) is 0 Å². The summed E-state index contributed by atoms with van der Waals surface area (Å²) in [7, 11) is 0. The van der Waals surface area contributed by atoms with Crippen LogP contribution >= 0.6 is 0 Å². The molecule has 6 heteroatoms. The average molecular weight is 849 g/mol. The molecule has 1 unspecified atom stereocenters. The second kappa shape index (κ2) is 49.2. The van der Waals surface area contributed by atoms with Crippen molar-refractivity contribution in [1.29, 1.82) is 0 Å². The van der Waals surface area contributed by atoms with E-state index in [9.17, 15) is 14.4 Å². The molecule has 0 aliphatic rings. The fourth-order valence-electron chi connectivity index (χ4n) is 6.66. The number of hydrogen-bond acceptors (Lipinski definition) is 6. The summed E-state index contributed by atoms with van der Waals surface area (Å²) < 4.78 is 16.6. The largest absolute Gasteiger partial charge is 0.462 e. The summed E-state index contributed by atoms with van der Waals surface area (Å²) in [4.78, 5) is 37.6. The molecule has 0 rings (SSSR count). The molecule has 0 fully saturated rings. The summed E-state index contributed by atoms with van der Waals surface area (Å²) in [6.07, 6.45) is 63.1. The Labute approximate surface area is 375 Å². The number of rotatable bonds is 44. The number of esters is 3. The van der Waals surface area contributed by atoms with E-state index in [4.69, 9.17) is 14.2 Å². The molecule has 0 aromatic rings. The van der Waals surface area contributed by atoms with Crippen molar-refractivity contribution in [3.63, 3.8) is 0 Å². The van der Waals surface area contributed by atoms with Crippen LogP contribution in [0.25, 0.3) is 0 Å². The minimum Gasteiger partial charge on any atom is -0.462 e. The van der Waals surface area contributed by atoms with Gasteiger partial charge in [0, 0.05) is 19.3 Å². The molecular formula is C55H92O6. The highest BCUT2D eigenvalue weighted by Gasteiger charge is 2.19. The van der Waals surface area contributed by atoms with Crippen LogP contribution in [0.4, 0.5) is 0 Å². The van der Waals surface area contributed by atoms with Crippen molar-refractivity contribution in [2.45, 2.75) is 232 Å². The molecule has 0 bridgehead atoms. The fraction of sp³-hybridized carbons (Fsp3) is 0.691. The molecule has 6 nitrogen and oxygen atoms in total. The minimum absolute atomic E-state index is 0.0818. The molecule has 0 spiro atoms. The Kier molecular flexibility index (Phi) is 46.5. The van der Waals surface area contributed by atoms with Gasteiger partial charge >= 0.3 is 17.9 Å². The van der Waals surface area contributed by atoms with Crippen LogP contribution < -0.4 is 0 Å². The standard InChI is InChI=1S/C55H92O6/c1-4-7-10-13-16-18-20-21-22-23-24-25-26-27-28-29-30-31-32-33-34-35-36-38-39-42-45-48-54(57)60-51-52(50-59-53(56)47-44-41-15-12-9-6-3)61-55(58)49-46-43-40-37-19-17-14-11-8-5-2/h7,10,16,18,21-22,24-25,27-28,30-31,33-34,52H,4-6,8-9,11-15,17,19-20,23,26,29,32,35-51H2,1-3H3/b10-7-,18-16-,22-21-,25-24-,28-27-,31-30-,34-33-. The van der Waals surface area contributed by atoms with Gasteiger partial charge in [0.15, 0.2) is 6.10 Å². The Morgan fingerprint density at radius 3 is 1.00 bits per heavy atom. The van der Waals surface area contributed by atoms with E-state index in [0.29, 0.717) is 19.3 Å². The van der Waals surface area contributed by atoms with Gasteiger partial charge in [-0.25, -0.2) is 0 Å². The van der Waals surface area contributed by atoms with Gasteiger partial charge in [0.05, 0.1) is 0 Å². The first-order valence-electron chi connectivity index (χ1n) is 25.1. The molecule has 0 N–H and O–H groups in total. The molecule has 0 radical (unpaired) electrons. The number of unbranched alkanes of at least 4 members (excludes halogenated alkanes) is 19. The molecule has 0 saturated heterocycles. The molecule has 0 aromatic heterocycles. The number of allylic oxidation sites excluding steroid dienone is 14. The first-order chi connectivity index (χ1) is 30.0. The summed E-state index contributed by atoms with van der Waals surface area (Å²) >= 11 is 0. The van der Waals surface area contributed by atoms with Crippen molar-refractivity contribution in [1.82, 2.24) is 0 Å². The number of hydrogen-bond donors (Lipinski definition) is 0. The lowest BCUT2D eigenvalue weighted by molar-refractivity contribution is -0.167. The van der Waals surface area contributed by atoms with Crippen molar-refractivity contribution in [2.24, 2.45) is 0 Å². The van der Waals surface area contributed by atoms with Crippen molar-refractivity contribution in [3.05, 3.63) is 85.1 Å². The van der Waals surface area contributed by atoms with Crippen molar-refractivity contribution < 1.29 is 28.6 Å². The number of ether oxygens (including phenoxy) is 3. The zero-order valence-electron chi connectivity index (χ0n) is 39.7. The normalized spacial score (nSPS) is 12.8. The SMILES string of the molecule is CC/C=C\C/C=C\C/C=C\C/C=C\C/C=C\C/C=C\C/C=C\CCCCCCCC(=O)OCC(COC(=O)CCCCCCCC)OC(=O)CCCCCCCCCCCC. The Bertz CT molecular complexity index is 1200. The van der Waals surface area contributed by atoms with Crippen LogP contribution in [0.5, 0.6) is 0 Å². The maximum absolute atomic E-state index is 12.7. The molecule has 0 aliphatic heterocycles. The van der Waals surface area contributed by atoms with Crippen molar-refractivity contribution >= 4 is 17.9 Å². The Morgan fingerprint density at radius 1 is 0.344 bits per heavy atom. The van der Waals surface area contributed by atoms with E-state index in [1.54, 1.807) is 0 Å². The summed E-state index contributed by atoms with van der Waals surface area (Å²) in [5.74, 6) is -0.916. The molecule has 61 heavy (non-hydrogen) atoms. The number of carbonyl (C=O) groups is 3. The highest BCUT2D eigenvalue weighted by atomic mass is 16.6. The monoisotopic (exact) mass is 849 g/mol. The molecule has 0 aliphatic carbocycles. The van der Waals surface area contributed by atoms with Crippen molar-refractivity contribution in [3.8, 4) is 0 Å². The molecule has 348 valence electrons. The van der Waals surface area contributed by atoms with E-state index in [0.717, 1.165) is 122 Å². The van der Waals surface area contributed by atoms with Gasteiger partial charge in [-0.3, -0.25) is 14.4 Å². The van der Waals surface area contributed by atoms with E-state index >= 15 is 0 Å². The molecule has 0 amide bonds. The second-order valence-corrected chi connectivity index (χ2v) is 16.4. The third-order valence-corrected chi connectivity index (χ3v) is 10.4. The predicted molar refractivity (Wildman–Crippen MR) is 261 cm³/mol. The van der Waals surface area contributed by atoms with Gasteiger partial charge in [0.1, 0.15) is 13.2 Å². The van der Waals surface area contributed by atoms with Crippen LogP contribution in [0.15, 0.2) is 85.1 Å². The Hall–Kier alpha value is -3.41. The quantitative estimate of drug-likeness (QED) is 0.0263. The van der Waals surface area contributed by atoms with Crippen LogP contribution in [0.1, 0.15) is 226 Å². The molecule has 1 atom stereocenters. The zero-order valence-corrected chi connectivity index (χ0v) is 39.7. The van der Waals surface area contributed by atoms with Gasteiger partial charge < -0.3 is 14.2 Å². The maximum atomic E-state index is 12.7. The van der Waals surface area contributed by atoms with Crippen LogP contribution in [0.3, 0.4) is 0 Å². The van der Waals surface area contributed by atoms with Crippen LogP contribution in [0, 0.1) is 0 Å². The number of carbonyl (C=O) groups excluding carboxylic acids is 3. The lowest BCUT2D eigenvalue weighted by atomic mass is 10.1. The topological polar surface area (TPSA) is 78.9 Å². The average Bonchev–Trinajstić information content (AvgIpc) is 3.26. The van der Waals surface area contributed by atoms with Gasteiger partial charge in [0.2, 0.25) is 0 Å². The lowest BCUT2D eigenvalue weighted by Gasteiger charge is -2.18. The van der Waals surface area contributed by atoms with E-state index in [-0.39, 0.29) is 31.1 Å². The second-order valence-electron chi connectivity index (χ2n) is 16.4. The molecular weight excluding hydrogens is 757 g/mol. The zero-order chi connectivity index (χ0) is 44.4. The maximum Gasteiger partial charge on any atom is 0.306 e. The van der Waals surface area contributed by atoms with Crippen molar-refractivity contribution in [2.75, 3.05) is 13.2 Å². The van der Waals surface area contributed by atoms with E-state index in [1.165, 1.54) is 64.2 Å². The fourth-order valence-corrected chi connectivity index (χ4v) is 6.66. The highest BCUT2D eigenvalue weighted by Crippen LogP contribution is 2.14. The predicted octanol–water partition coefficient (Wildman–Crippen LogP) is 16.4. The third kappa shape index (κ3) is 47.5. The highest BCUT2D eigenvalue weighted by molar-refractivity contribution is 5.71. The van der Waals surface area contributed by atoms with Crippen LogP contribution in [0.2, 0.25) is 0 Å². The summed E-state index contributed by atoms with van der Waals surface area (Å²) in [6.45, 7) is 6.42. The first-order valence-corrected chi connectivity index (χ1v) is 25.1. The van der Waals surface area contributed by atoms with E-state index < -0.39 is 6.10 Å². The van der Waals surface area contributed by atoms with Crippen LogP contribution in [-0.4, -0.2) is 37.2 Å². The Morgan fingerprint density at radius 2 is 0.639 bits per heavy atom. The van der Waals surface area contributed by atoms with Crippen LogP contribution in [-0.2, 0) is 28.6 Å². The Balaban J connectivity index is 4.17. The van der Waals surface area contributed by atoms with Gasteiger partial charge in [-0.2, -0.15) is 0 Å². The summed E-state index contributed by atoms with van der Waals surface area (Å²) in [5, 5.41) is 0. The van der Waals surface area contributed by atoms with Gasteiger partial charge in [-0.1, -0.05) is 215 Å². The first kappa shape index (κ1) is 57.6. The van der Waals surface area contributed by atoms with Gasteiger partial charge in [0.25, 0.3) is 0 Å². The van der Waals surface area contributed by atoms with Gasteiger partial charge in [-0.15, -0.1) is 0 Å². The van der Waals surface area contributed by atoms with Gasteiger partial charge in [-0.05, 0) is 77.0 Å². The molecule has 0 heterocycles. The molecule has 0 saturated carbocycles. The summed E-state index contributed by atoms with van der Waals surface area (Å²) in [6, 6.07) is 0. The molecule has 0 aromatic carbocycles.